The highest BCUT2D eigenvalue weighted by molar-refractivity contribution is 5.61. The van der Waals surface area contributed by atoms with Crippen molar-refractivity contribution in [2.75, 3.05) is 0 Å². The van der Waals surface area contributed by atoms with Crippen LogP contribution in [0.4, 0.5) is 18.0 Å². The van der Waals surface area contributed by atoms with E-state index in [1.807, 2.05) is 0 Å². The Morgan fingerprint density at radius 2 is 1.89 bits per heavy atom. The van der Waals surface area contributed by atoms with Gasteiger partial charge in [-0.3, -0.25) is 0 Å². The van der Waals surface area contributed by atoms with Crippen LogP contribution in [0.15, 0.2) is 34.7 Å². The number of benzene rings is 1. The van der Waals surface area contributed by atoms with E-state index >= 15 is 0 Å². The molecular weight excluding hydrogens is 267 g/mol. The van der Waals surface area contributed by atoms with Crippen molar-refractivity contribution in [3.05, 3.63) is 36.0 Å². The van der Waals surface area contributed by atoms with Crippen molar-refractivity contribution in [2.45, 2.75) is 6.18 Å². The van der Waals surface area contributed by atoms with Gasteiger partial charge in [0.05, 0.1) is 0 Å². The van der Waals surface area contributed by atoms with Crippen molar-refractivity contribution in [3.8, 4) is 17.4 Å². The molecule has 1 aromatic carbocycles. The Bertz CT molecular complexity index is 592. The zero-order chi connectivity index (χ0) is 14.0. The first kappa shape index (κ1) is 12.9. The molecule has 0 spiro atoms. The zero-order valence-corrected chi connectivity index (χ0v) is 9.14. The van der Waals surface area contributed by atoms with Crippen LogP contribution in [-0.2, 0) is 6.18 Å². The molecule has 0 radical (unpaired) electrons. The lowest BCUT2D eigenvalue weighted by molar-refractivity contribution is -0.142. The van der Waals surface area contributed by atoms with Gasteiger partial charge in [-0.1, -0.05) is 18.2 Å². The maximum Gasteiger partial charge on any atom is 0.513 e. The first-order chi connectivity index (χ1) is 8.88. The summed E-state index contributed by atoms with van der Waals surface area (Å²) in [6, 6.07) is 7.74. The van der Waals surface area contributed by atoms with Crippen molar-refractivity contribution in [2.24, 2.45) is 0 Å². The number of carboxylic acid groups (broad SMARTS) is 1. The maximum absolute atomic E-state index is 12.6. The minimum Gasteiger partial charge on any atom is -0.449 e. The minimum atomic E-state index is -4.87. The Kier molecular flexibility index (Phi) is 3.16. The molecule has 0 fully saturated rings. The number of carbonyl (C=O) groups is 1. The Morgan fingerprint density at radius 1 is 1.26 bits per heavy atom. The number of oxazole rings is 1. The average Bonchev–Trinajstić information content (AvgIpc) is 2.73. The molecule has 8 heteroatoms. The molecule has 1 aromatic heterocycles. The number of halogens is 3. The van der Waals surface area contributed by atoms with E-state index in [-0.39, 0.29) is 11.5 Å². The topological polar surface area (TPSA) is 72.6 Å². The maximum atomic E-state index is 12.6. The molecule has 0 aliphatic carbocycles. The van der Waals surface area contributed by atoms with E-state index in [0.717, 1.165) is 0 Å². The van der Waals surface area contributed by atoms with Gasteiger partial charge in [0.15, 0.2) is 0 Å². The molecule has 100 valence electrons. The van der Waals surface area contributed by atoms with Crippen LogP contribution in [0.1, 0.15) is 5.69 Å². The number of ether oxygens (including phenoxy) is 1. The lowest BCUT2D eigenvalue weighted by Gasteiger charge is -2.02. The molecule has 0 unspecified atom stereocenters. The van der Waals surface area contributed by atoms with E-state index in [4.69, 9.17) is 9.52 Å². The highest BCUT2D eigenvalue weighted by atomic mass is 19.4. The second-order valence-corrected chi connectivity index (χ2v) is 3.39. The van der Waals surface area contributed by atoms with Crippen LogP contribution in [0.2, 0.25) is 0 Å². The number of rotatable bonds is 2. The monoisotopic (exact) mass is 273 g/mol. The molecule has 0 atom stereocenters. The fourth-order valence-electron chi connectivity index (χ4n) is 1.34. The summed E-state index contributed by atoms with van der Waals surface area (Å²) in [6.45, 7) is 0. The second-order valence-electron chi connectivity index (χ2n) is 3.39. The third-order valence-electron chi connectivity index (χ3n) is 2.07. The molecule has 1 N–H and O–H groups in total. The number of hydrogen-bond acceptors (Lipinski definition) is 4. The molecule has 1 heterocycles. The molecule has 0 aliphatic heterocycles. The molecule has 0 bridgehead atoms. The quantitative estimate of drug-likeness (QED) is 0.849. The smallest absolute Gasteiger partial charge is 0.449 e. The van der Waals surface area contributed by atoms with Crippen molar-refractivity contribution in [3.63, 3.8) is 0 Å². The Hall–Kier alpha value is -2.51. The lowest BCUT2D eigenvalue weighted by atomic mass is 10.2. The number of nitrogens with zero attached hydrogens (tertiary/aromatic N) is 1. The predicted octanol–water partition coefficient (Wildman–Crippen LogP) is 3.42. The normalized spacial score (nSPS) is 11.3. The second kappa shape index (κ2) is 4.63. The van der Waals surface area contributed by atoms with Crippen LogP contribution in [-0.4, -0.2) is 16.2 Å². The van der Waals surface area contributed by atoms with Crippen molar-refractivity contribution in [1.29, 1.82) is 0 Å². The van der Waals surface area contributed by atoms with Crippen molar-refractivity contribution < 1.29 is 32.2 Å². The van der Waals surface area contributed by atoms with Crippen LogP contribution >= 0.6 is 0 Å². The minimum absolute atomic E-state index is 0.272. The summed E-state index contributed by atoms with van der Waals surface area (Å²) in [5.74, 6) is -1.57. The highest BCUT2D eigenvalue weighted by Crippen LogP contribution is 2.38. The third-order valence-corrected chi connectivity index (χ3v) is 2.07. The van der Waals surface area contributed by atoms with Crippen LogP contribution in [0, 0.1) is 0 Å². The highest BCUT2D eigenvalue weighted by Gasteiger charge is 2.41. The van der Waals surface area contributed by atoms with Gasteiger partial charge >= 0.3 is 18.3 Å². The van der Waals surface area contributed by atoms with E-state index in [9.17, 15) is 18.0 Å². The van der Waals surface area contributed by atoms with Gasteiger partial charge in [-0.05, 0) is 12.1 Å². The van der Waals surface area contributed by atoms with E-state index in [0.29, 0.717) is 0 Å². The predicted molar refractivity (Wildman–Crippen MR) is 55.6 cm³/mol. The standard InChI is InChI=1S/C11H6F3NO4/c12-11(13,14)7-9(19-10(16)17)18-8(15-7)6-4-2-1-3-5-6/h1-5H,(H,16,17). The largest absolute Gasteiger partial charge is 0.513 e. The van der Waals surface area contributed by atoms with E-state index < -0.39 is 24.0 Å². The molecule has 0 saturated carbocycles. The SMILES string of the molecule is O=C(O)Oc1oc(-c2ccccc2)nc1C(F)(F)F. The van der Waals surface area contributed by atoms with Crippen LogP contribution < -0.4 is 4.74 Å². The lowest BCUT2D eigenvalue weighted by Crippen LogP contribution is -2.11. The third kappa shape index (κ3) is 2.84. The summed E-state index contributed by atoms with van der Waals surface area (Å²) in [7, 11) is 0. The summed E-state index contributed by atoms with van der Waals surface area (Å²) in [5, 5.41) is 8.36. The Balaban J connectivity index is 2.49. The van der Waals surface area contributed by atoms with Gasteiger partial charge in [0.2, 0.25) is 11.6 Å². The Morgan fingerprint density at radius 3 is 2.42 bits per heavy atom. The molecule has 0 saturated heterocycles. The molecule has 19 heavy (non-hydrogen) atoms. The summed E-state index contributed by atoms with van der Waals surface area (Å²) in [6.07, 6.45) is -6.79. The molecule has 0 amide bonds. The molecule has 2 aromatic rings. The van der Waals surface area contributed by atoms with Gasteiger partial charge in [0.1, 0.15) is 0 Å². The van der Waals surface area contributed by atoms with Crippen molar-refractivity contribution >= 4 is 6.16 Å². The Labute approximate surface area is 104 Å². The van der Waals surface area contributed by atoms with Crippen LogP contribution in [0.5, 0.6) is 5.95 Å². The van der Waals surface area contributed by atoms with E-state index in [1.165, 1.54) is 12.1 Å². The van der Waals surface area contributed by atoms with Gasteiger partial charge in [-0.15, -0.1) is 0 Å². The van der Waals surface area contributed by atoms with Crippen LogP contribution in [0.25, 0.3) is 11.5 Å². The fraction of sp³-hybridized carbons (Fsp3) is 0.0909. The zero-order valence-electron chi connectivity index (χ0n) is 9.14. The van der Waals surface area contributed by atoms with Crippen LogP contribution in [0.3, 0.4) is 0 Å². The summed E-state index contributed by atoms with van der Waals surface area (Å²) < 4.78 is 46.5. The van der Waals surface area contributed by atoms with Gasteiger partial charge in [-0.25, -0.2) is 9.78 Å². The van der Waals surface area contributed by atoms with Crippen molar-refractivity contribution in [1.82, 2.24) is 4.98 Å². The number of hydrogen-bond donors (Lipinski definition) is 1. The van der Waals surface area contributed by atoms with Gasteiger partial charge in [0, 0.05) is 5.56 Å². The number of alkyl halides is 3. The van der Waals surface area contributed by atoms with E-state index in [2.05, 4.69) is 9.72 Å². The summed E-state index contributed by atoms with van der Waals surface area (Å²) in [5.41, 5.74) is -1.25. The van der Waals surface area contributed by atoms with Gasteiger partial charge < -0.3 is 14.3 Å². The summed E-state index contributed by atoms with van der Waals surface area (Å²) in [4.78, 5) is 13.5. The first-order valence-electron chi connectivity index (χ1n) is 4.92. The van der Waals surface area contributed by atoms with Gasteiger partial charge in [-0.2, -0.15) is 13.2 Å². The molecule has 0 aliphatic rings. The first-order valence-corrected chi connectivity index (χ1v) is 4.92. The molecule has 5 nitrogen and oxygen atoms in total. The molecule has 2 rings (SSSR count). The average molecular weight is 273 g/mol. The van der Waals surface area contributed by atoms with E-state index in [1.54, 1.807) is 18.2 Å². The summed E-state index contributed by atoms with van der Waals surface area (Å²) >= 11 is 0. The number of aromatic nitrogens is 1. The molecular formula is C11H6F3NO4. The fourth-order valence-corrected chi connectivity index (χ4v) is 1.34. The van der Waals surface area contributed by atoms with Gasteiger partial charge in [0.25, 0.3) is 0 Å².